The number of nitrogens with two attached hydrogens (primary N) is 2. The number of aromatic nitrogens is 3. The summed E-state index contributed by atoms with van der Waals surface area (Å²) in [7, 11) is 1.66. The second-order valence-electron chi connectivity index (χ2n) is 6.84. The summed E-state index contributed by atoms with van der Waals surface area (Å²) < 4.78 is 7.05. The molecule has 0 aliphatic heterocycles. The van der Waals surface area contributed by atoms with Crippen molar-refractivity contribution in [1.29, 1.82) is 0 Å². The van der Waals surface area contributed by atoms with Gasteiger partial charge in [-0.3, -0.25) is 0 Å². The van der Waals surface area contributed by atoms with Gasteiger partial charge in [0.15, 0.2) is 5.65 Å². The van der Waals surface area contributed by atoms with Crippen LogP contribution in [-0.2, 0) is 0 Å². The largest absolute Gasteiger partial charge is 0.497 e. The minimum absolute atomic E-state index is 0.283. The molecule has 0 amide bonds. The number of ether oxygens (including phenoxy) is 1. The summed E-state index contributed by atoms with van der Waals surface area (Å²) in [5.41, 5.74) is 16.1. The maximum atomic E-state index is 6.37. The van der Waals surface area contributed by atoms with Gasteiger partial charge in [0.1, 0.15) is 11.6 Å². The van der Waals surface area contributed by atoms with Crippen LogP contribution in [0.4, 0.5) is 17.2 Å². The number of nitrogens with zero attached hydrogens (tertiary/aromatic N) is 3. The molecule has 0 radical (unpaired) electrons. The molecule has 1 aliphatic rings. The Hall–Kier alpha value is -2.80. The molecule has 1 aliphatic carbocycles. The zero-order valence-corrected chi connectivity index (χ0v) is 14.9. The highest BCUT2D eigenvalue weighted by Gasteiger charge is 2.27. The van der Waals surface area contributed by atoms with Crippen LogP contribution in [0.2, 0.25) is 0 Å². The van der Waals surface area contributed by atoms with Crippen molar-refractivity contribution >= 4 is 22.8 Å². The summed E-state index contributed by atoms with van der Waals surface area (Å²) in [4.78, 5) is 4.50. The zero-order chi connectivity index (χ0) is 18.1. The van der Waals surface area contributed by atoms with E-state index in [-0.39, 0.29) is 6.04 Å². The molecule has 3 aromatic rings. The molecule has 4 rings (SSSR count). The number of imidazole rings is 1. The lowest BCUT2D eigenvalue weighted by atomic mass is 9.81. The van der Waals surface area contributed by atoms with Crippen molar-refractivity contribution in [3.8, 4) is 5.75 Å². The van der Waals surface area contributed by atoms with Crippen molar-refractivity contribution in [2.75, 3.05) is 18.2 Å². The molecule has 7 heteroatoms. The first-order chi connectivity index (χ1) is 12.7. The van der Waals surface area contributed by atoms with Gasteiger partial charge in [-0.15, -0.1) is 5.10 Å². The van der Waals surface area contributed by atoms with E-state index in [4.69, 9.17) is 16.2 Å². The van der Waals surface area contributed by atoms with E-state index in [1.54, 1.807) is 17.8 Å². The number of fused-ring (bicyclic) bond motifs is 1. The van der Waals surface area contributed by atoms with Crippen molar-refractivity contribution in [3.63, 3.8) is 0 Å². The van der Waals surface area contributed by atoms with Crippen LogP contribution >= 0.6 is 0 Å². The Kier molecular flexibility index (Phi) is 4.38. The highest BCUT2D eigenvalue weighted by molar-refractivity contribution is 5.81. The van der Waals surface area contributed by atoms with Crippen LogP contribution in [0.15, 0.2) is 36.7 Å². The van der Waals surface area contributed by atoms with E-state index in [1.165, 1.54) is 0 Å². The topological polar surface area (TPSA) is 103 Å². The molecule has 0 saturated heterocycles. The van der Waals surface area contributed by atoms with Gasteiger partial charge in [0.05, 0.1) is 12.8 Å². The number of hydrogen-bond acceptors (Lipinski definition) is 6. The third-order valence-corrected chi connectivity index (χ3v) is 5.13. The van der Waals surface area contributed by atoms with Crippen LogP contribution in [0.3, 0.4) is 0 Å². The van der Waals surface area contributed by atoms with Crippen LogP contribution in [0, 0.1) is 0 Å². The predicted octanol–water partition coefficient (Wildman–Crippen LogP) is 3.05. The first-order valence-electron chi connectivity index (χ1n) is 8.95. The number of rotatable bonds is 4. The predicted molar refractivity (Wildman–Crippen MR) is 103 cm³/mol. The van der Waals surface area contributed by atoms with Crippen LogP contribution in [-0.4, -0.2) is 27.7 Å². The first kappa shape index (κ1) is 16.7. The molecule has 0 unspecified atom stereocenters. The average Bonchev–Trinajstić information content (AvgIpc) is 3.11. The molecular weight excluding hydrogens is 328 g/mol. The standard InChI is InChI=1S/C19H24N6O/c1-26-15-4-2-3-14(11-15)23-17-16(12-5-7-13(20)8-6-12)18(21)24-25-10-9-22-19(17)25/h2-4,9-13,23H,5-8,20H2,1H3,(H2,21,24)/t12-,13-. The number of nitrogens with one attached hydrogen (secondary N) is 1. The van der Waals surface area contributed by atoms with Gasteiger partial charge in [0.25, 0.3) is 0 Å². The third kappa shape index (κ3) is 3.06. The summed E-state index contributed by atoms with van der Waals surface area (Å²) in [5.74, 6) is 1.67. The van der Waals surface area contributed by atoms with E-state index < -0.39 is 0 Å². The van der Waals surface area contributed by atoms with E-state index in [0.717, 1.165) is 54.0 Å². The summed E-state index contributed by atoms with van der Waals surface area (Å²) in [6.45, 7) is 0. The van der Waals surface area contributed by atoms with Gasteiger partial charge in [-0.2, -0.15) is 0 Å². The Labute approximate surface area is 152 Å². The summed E-state index contributed by atoms with van der Waals surface area (Å²) in [6.07, 6.45) is 7.57. The maximum absolute atomic E-state index is 6.37. The van der Waals surface area contributed by atoms with Gasteiger partial charge in [-0.1, -0.05) is 6.07 Å². The lowest BCUT2D eigenvalue weighted by molar-refractivity contribution is 0.396. The number of nitrogen functional groups attached to an aromatic ring is 1. The number of benzene rings is 1. The van der Waals surface area contributed by atoms with E-state index in [0.29, 0.717) is 11.7 Å². The van der Waals surface area contributed by atoms with Crippen LogP contribution < -0.4 is 21.5 Å². The Morgan fingerprint density at radius 1 is 1.23 bits per heavy atom. The zero-order valence-electron chi connectivity index (χ0n) is 14.9. The molecule has 136 valence electrons. The summed E-state index contributed by atoms with van der Waals surface area (Å²) in [6, 6.07) is 8.11. The van der Waals surface area contributed by atoms with E-state index in [9.17, 15) is 0 Å². The van der Waals surface area contributed by atoms with Crippen LogP contribution in [0.5, 0.6) is 5.75 Å². The van der Waals surface area contributed by atoms with Crippen molar-refractivity contribution < 1.29 is 4.74 Å². The van der Waals surface area contributed by atoms with Crippen molar-refractivity contribution in [2.45, 2.75) is 37.6 Å². The van der Waals surface area contributed by atoms with Gasteiger partial charge >= 0.3 is 0 Å². The van der Waals surface area contributed by atoms with Crippen molar-refractivity contribution in [1.82, 2.24) is 14.6 Å². The molecule has 26 heavy (non-hydrogen) atoms. The van der Waals surface area contributed by atoms with Gasteiger partial charge in [0, 0.05) is 35.8 Å². The van der Waals surface area contributed by atoms with Crippen LogP contribution in [0.25, 0.3) is 5.65 Å². The molecule has 7 nitrogen and oxygen atoms in total. The van der Waals surface area contributed by atoms with Crippen LogP contribution in [0.1, 0.15) is 37.2 Å². The first-order valence-corrected chi connectivity index (χ1v) is 8.95. The minimum atomic E-state index is 0.283. The molecule has 5 N–H and O–H groups in total. The third-order valence-electron chi connectivity index (χ3n) is 5.13. The van der Waals surface area contributed by atoms with Gasteiger partial charge < -0.3 is 21.5 Å². The fourth-order valence-electron chi connectivity index (χ4n) is 3.76. The Bertz CT molecular complexity index is 914. The number of methoxy groups -OCH3 is 1. The molecule has 0 atom stereocenters. The van der Waals surface area contributed by atoms with Gasteiger partial charge in [-0.05, 0) is 43.7 Å². The smallest absolute Gasteiger partial charge is 0.177 e. The minimum Gasteiger partial charge on any atom is -0.497 e. The number of anilines is 3. The second-order valence-corrected chi connectivity index (χ2v) is 6.84. The van der Waals surface area contributed by atoms with E-state index in [1.807, 2.05) is 30.5 Å². The molecular formula is C19H24N6O. The lowest BCUT2D eigenvalue weighted by Crippen LogP contribution is -2.26. The monoisotopic (exact) mass is 352 g/mol. The average molecular weight is 352 g/mol. The van der Waals surface area contributed by atoms with Crippen molar-refractivity contribution in [2.24, 2.45) is 5.73 Å². The van der Waals surface area contributed by atoms with Gasteiger partial charge in [0.2, 0.25) is 0 Å². The molecule has 2 aromatic heterocycles. The Morgan fingerprint density at radius 2 is 2.04 bits per heavy atom. The molecule has 0 spiro atoms. The second kappa shape index (κ2) is 6.84. The fourth-order valence-corrected chi connectivity index (χ4v) is 3.76. The fraction of sp³-hybridized carbons (Fsp3) is 0.368. The molecule has 1 aromatic carbocycles. The van der Waals surface area contributed by atoms with Gasteiger partial charge in [-0.25, -0.2) is 9.50 Å². The summed E-state index contributed by atoms with van der Waals surface area (Å²) in [5, 5.41) is 8.01. The highest BCUT2D eigenvalue weighted by atomic mass is 16.5. The number of hydrogen-bond donors (Lipinski definition) is 3. The Morgan fingerprint density at radius 3 is 2.81 bits per heavy atom. The van der Waals surface area contributed by atoms with Crippen molar-refractivity contribution in [3.05, 3.63) is 42.2 Å². The molecule has 2 heterocycles. The SMILES string of the molecule is COc1cccc(Nc2c3nccn3nc(N)c2[C@H]2CC[C@H](N)CC2)c1. The quantitative estimate of drug-likeness (QED) is 0.667. The lowest BCUT2D eigenvalue weighted by Gasteiger charge is -2.28. The maximum Gasteiger partial charge on any atom is 0.177 e. The molecule has 0 bridgehead atoms. The summed E-state index contributed by atoms with van der Waals surface area (Å²) >= 11 is 0. The van der Waals surface area contributed by atoms with E-state index in [2.05, 4.69) is 15.4 Å². The Balaban J connectivity index is 1.80. The molecule has 1 saturated carbocycles. The normalized spacial score (nSPS) is 20.2. The molecule has 1 fully saturated rings. The highest BCUT2D eigenvalue weighted by Crippen LogP contribution is 2.41. The van der Waals surface area contributed by atoms with E-state index >= 15 is 0 Å².